The fraction of sp³-hybridized carbons (Fsp3) is 0.0870. The summed E-state index contributed by atoms with van der Waals surface area (Å²) in [4.78, 5) is 31.8. The summed E-state index contributed by atoms with van der Waals surface area (Å²) in [5, 5.41) is 14.6. The van der Waals surface area contributed by atoms with Gasteiger partial charge in [0.1, 0.15) is 5.75 Å². The van der Waals surface area contributed by atoms with E-state index in [1.807, 2.05) is 12.1 Å². The molecule has 0 spiro atoms. The van der Waals surface area contributed by atoms with Crippen LogP contribution >= 0.6 is 11.6 Å². The zero-order valence-corrected chi connectivity index (χ0v) is 16.6. The third-order valence-corrected chi connectivity index (χ3v) is 5.03. The Morgan fingerprint density at radius 3 is 2.70 bits per heavy atom. The van der Waals surface area contributed by atoms with Crippen molar-refractivity contribution in [3.05, 3.63) is 105 Å². The molecule has 3 N–H and O–H groups in total. The van der Waals surface area contributed by atoms with Crippen molar-refractivity contribution >= 4 is 28.4 Å². The predicted octanol–water partition coefficient (Wildman–Crippen LogP) is 3.80. The Kier molecular flexibility index (Phi) is 5.50. The van der Waals surface area contributed by atoms with E-state index in [2.05, 4.69) is 15.3 Å². The van der Waals surface area contributed by atoms with Gasteiger partial charge in [0, 0.05) is 41.3 Å². The number of rotatable bonds is 5. The van der Waals surface area contributed by atoms with Crippen LogP contribution in [0.25, 0.3) is 10.9 Å². The standard InChI is InChI=1S/C23H18ClN3O3/c24-17-5-1-3-14(9-17)10-19-21(28)18-11-16(6-7-20(18)27-23(19)30)22(29)26-13-15-4-2-8-25-12-15/h1-9,11-12H,10,13H2,(H,26,29)(H2,27,28,30). The lowest BCUT2D eigenvalue weighted by Crippen LogP contribution is -2.23. The van der Waals surface area contributed by atoms with E-state index in [1.54, 1.807) is 54.9 Å². The fourth-order valence-electron chi connectivity index (χ4n) is 3.26. The van der Waals surface area contributed by atoms with Crippen LogP contribution in [0.4, 0.5) is 0 Å². The van der Waals surface area contributed by atoms with Gasteiger partial charge < -0.3 is 15.4 Å². The highest BCUT2D eigenvalue weighted by Gasteiger charge is 2.15. The van der Waals surface area contributed by atoms with E-state index in [-0.39, 0.29) is 29.2 Å². The number of carbonyl (C=O) groups is 1. The summed E-state index contributed by atoms with van der Waals surface area (Å²) >= 11 is 6.02. The molecular weight excluding hydrogens is 402 g/mol. The van der Waals surface area contributed by atoms with E-state index in [0.717, 1.165) is 11.1 Å². The Balaban J connectivity index is 1.64. The first kappa shape index (κ1) is 19.7. The van der Waals surface area contributed by atoms with Crippen LogP contribution in [0.2, 0.25) is 5.02 Å². The predicted molar refractivity (Wildman–Crippen MR) is 116 cm³/mol. The molecule has 0 radical (unpaired) electrons. The number of aromatic hydroxyl groups is 1. The fourth-order valence-corrected chi connectivity index (χ4v) is 3.47. The highest BCUT2D eigenvalue weighted by molar-refractivity contribution is 6.30. The minimum absolute atomic E-state index is 0.143. The van der Waals surface area contributed by atoms with Crippen LogP contribution in [0, 0.1) is 0 Å². The second-order valence-electron chi connectivity index (χ2n) is 6.89. The molecule has 0 saturated carbocycles. The molecule has 150 valence electrons. The van der Waals surface area contributed by atoms with Crippen molar-refractivity contribution in [2.24, 2.45) is 0 Å². The molecule has 0 atom stereocenters. The topological polar surface area (TPSA) is 95.1 Å². The van der Waals surface area contributed by atoms with E-state index >= 15 is 0 Å². The van der Waals surface area contributed by atoms with E-state index in [9.17, 15) is 14.7 Å². The number of H-pyrrole nitrogens is 1. The van der Waals surface area contributed by atoms with Crippen LogP contribution in [0.5, 0.6) is 5.75 Å². The van der Waals surface area contributed by atoms with Gasteiger partial charge in [-0.3, -0.25) is 14.6 Å². The molecule has 7 heteroatoms. The summed E-state index contributed by atoms with van der Waals surface area (Å²) in [5.41, 5.74) is 2.35. The average molecular weight is 420 g/mol. The van der Waals surface area contributed by atoms with Crippen molar-refractivity contribution in [3.8, 4) is 5.75 Å². The second kappa shape index (κ2) is 8.39. The molecule has 0 saturated heterocycles. The first-order chi connectivity index (χ1) is 14.5. The van der Waals surface area contributed by atoms with Crippen LogP contribution in [0.3, 0.4) is 0 Å². The Morgan fingerprint density at radius 1 is 1.10 bits per heavy atom. The third-order valence-electron chi connectivity index (χ3n) is 4.79. The summed E-state index contributed by atoms with van der Waals surface area (Å²) in [5.74, 6) is -0.432. The summed E-state index contributed by atoms with van der Waals surface area (Å²) in [6.07, 6.45) is 3.56. The summed E-state index contributed by atoms with van der Waals surface area (Å²) < 4.78 is 0. The van der Waals surface area contributed by atoms with Gasteiger partial charge in [-0.05, 0) is 47.5 Å². The second-order valence-corrected chi connectivity index (χ2v) is 7.33. The maximum Gasteiger partial charge on any atom is 0.255 e. The monoisotopic (exact) mass is 419 g/mol. The van der Waals surface area contributed by atoms with Gasteiger partial charge in [0.2, 0.25) is 0 Å². The number of nitrogens with zero attached hydrogens (tertiary/aromatic N) is 1. The van der Waals surface area contributed by atoms with Crippen LogP contribution in [-0.4, -0.2) is 21.0 Å². The molecule has 0 aliphatic rings. The number of benzene rings is 2. The third kappa shape index (κ3) is 4.18. The molecule has 0 bridgehead atoms. The van der Waals surface area contributed by atoms with Gasteiger partial charge in [-0.2, -0.15) is 0 Å². The number of carbonyl (C=O) groups excluding carboxylic acids is 1. The van der Waals surface area contributed by atoms with E-state index in [4.69, 9.17) is 11.6 Å². The minimum Gasteiger partial charge on any atom is -0.507 e. The molecule has 0 aliphatic heterocycles. The van der Waals surface area contributed by atoms with Crippen molar-refractivity contribution in [2.75, 3.05) is 0 Å². The van der Waals surface area contributed by atoms with E-state index in [0.29, 0.717) is 28.0 Å². The number of hydrogen-bond acceptors (Lipinski definition) is 4. The molecule has 4 aromatic rings. The Morgan fingerprint density at radius 2 is 1.93 bits per heavy atom. The molecule has 2 aromatic heterocycles. The number of hydrogen-bond donors (Lipinski definition) is 3. The quantitative estimate of drug-likeness (QED) is 0.458. The minimum atomic E-state index is -0.381. The molecule has 0 fully saturated rings. The summed E-state index contributed by atoms with van der Waals surface area (Å²) in [6.45, 7) is 0.336. The molecule has 6 nitrogen and oxygen atoms in total. The molecule has 2 heterocycles. The highest BCUT2D eigenvalue weighted by atomic mass is 35.5. The van der Waals surface area contributed by atoms with Crippen molar-refractivity contribution in [1.82, 2.24) is 15.3 Å². The van der Waals surface area contributed by atoms with Crippen molar-refractivity contribution < 1.29 is 9.90 Å². The first-order valence-corrected chi connectivity index (χ1v) is 9.68. The van der Waals surface area contributed by atoms with Gasteiger partial charge in [-0.25, -0.2) is 0 Å². The maximum atomic E-state index is 12.6. The van der Waals surface area contributed by atoms with Gasteiger partial charge in [0.05, 0.1) is 11.1 Å². The number of aromatic amines is 1. The lowest BCUT2D eigenvalue weighted by Gasteiger charge is -2.10. The Labute approximate surface area is 177 Å². The number of halogens is 1. The molecule has 0 aliphatic carbocycles. The highest BCUT2D eigenvalue weighted by Crippen LogP contribution is 2.28. The van der Waals surface area contributed by atoms with Crippen LogP contribution in [0.1, 0.15) is 27.0 Å². The SMILES string of the molecule is O=C(NCc1cccnc1)c1ccc2[nH]c(=O)c(Cc3cccc(Cl)c3)c(O)c2c1. The molecule has 0 unspecified atom stereocenters. The largest absolute Gasteiger partial charge is 0.507 e. The number of nitrogens with one attached hydrogen (secondary N) is 2. The molecule has 1 amide bonds. The molecule has 4 rings (SSSR count). The zero-order chi connectivity index (χ0) is 21.1. The van der Waals surface area contributed by atoms with Gasteiger partial charge in [-0.15, -0.1) is 0 Å². The van der Waals surface area contributed by atoms with Crippen molar-refractivity contribution in [1.29, 1.82) is 0 Å². The number of pyridine rings is 2. The number of fused-ring (bicyclic) bond motifs is 1. The lowest BCUT2D eigenvalue weighted by atomic mass is 10.0. The summed E-state index contributed by atoms with van der Waals surface area (Å²) in [7, 11) is 0. The van der Waals surface area contributed by atoms with Crippen LogP contribution < -0.4 is 10.9 Å². The molecular formula is C23H18ClN3O3. The number of aromatic nitrogens is 2. The Hall–Kier alpha value is -3.64. The van der Waals surface area contributed by atoms with E-state index in [1.165, 1.54) is 0 Å². The normalized spacial score (nSPS) is 10.8. The lowest BCUT2D eigenvalue weighted by molar-refractivity contribution is 0.0951. The van der Waals surface area contributed by atoms with Gasteiger partial charge in [-0.1, -0.05) is 29.8 Å². The zero-order valence-electron chi connectivity index (χ0n) is 15.9. The average Bonchev–Trinajstić information content (AvgIpc) is 2.75. The van der Waals surface area contributed by atoms with Gasteiger partial charge in [0.15, 0.2) is 0 Å². The Bertz CT molecular complexity index is 1290. The van der Waals surface area contributed by atoms with Gasteiger partial charge >= 0.3 is 0 Å². The molecule has 2 aromatic carbocycles. The van der Waals surface area contributed by atoms with Crippen LogP contribution in [0.15, 0.2) is 71.8 Å². The smallest absolute Gasteiger partial charge is 0.255 e. The first-order valence-electron chi connectivity index (χ1n) is 9.30. The molecule has 30 heavy (non-hydrogen) atoms. The van der Waals surface area contributed by atoms with Crippen molar-refractivity contribution in [2.45, 2.75) is 13.0 Å². The summed E-state index contributed by atoms with van der Waals surface area (Å²) in [6, 6.07) is 15.6. The van der Waals surface area contributed by atoms with Crippen LogP contribution in [-0.2, 0) is 13.0 Å². The number of amides is 1. The van der Waals surface area contributed by atoms with Gasteiger partial charge in [0.25, 0.3) is 11.5 Å². The van der Waals surface area contributed by atoms with Crippen molar-refractivity contribution in [3.63, 3.8) is 0 Å². The van der Waals surface area contributed by atoms with E-state index < -0.39 is 0 Å². The maximum absolute atomic E-state index is 12.6.